The maximum atomic E-state index is 10.9. The van der Waals surface area contributed by atoms with Gasteiger partial charge in [-0.2, -0.15) is 0 Å². The van der Waals surface area contributed by atoms with Crippen molar-refractivity contribution in [2.75, 3.05) is 13.6 Å². The Kier molecular flexibility index (Phi) is 6.41. The Morgan fingerprint density at radius 2 is 2.00 bits per heavy atom. The zero-order valence-corrected chi connectivity index (χ0v) is 9.59. The second-order valence-corrected chi connectivity index (χ2v) is 3.39. The average Bonchev–Trinajstić information content (AvgIpc) is 2.14. The molecule has 2 amide bonds. The first-order chi connectivity index (χ1) is 7.84. The van der Waals surface area contributed by atoms with Gasteiger partial charge in [-0.15, -0.1) is 0 Å². The van der Waals surface area contributed by atoms with Gasteiger partial charge in [0.15, 0.2) is 5.96 Å². The van der Waals surface area contributed by atoms with Crippen LogP contribution in [-0.2, 0) is 4.79 Å². The van der Waals surface area contributed by atoms with Crippen LogP contribution in [0.5, 0.6) is 0 Å². The summed E-state index contributed by atoms with van der Waals surface area (Å²) in [4.78, 5) is 25.2. The van der Waals surface area contributed by atoms with Crippen molar-refractivity contribution >= 4 is 18.0 Å². The number of aliphatic imine (C=N–C) groups is 1. The van der Waals surface area contributed by atoms with Gasteiger partial charge in [-0.25, -0.2) is 9.80 Å². The molecule has 98 valence electrons. The van der Waals surface area contributed by atoms with Crippen LogP contribution in [0.3, 0.4) is 0 Å². The van der Waals surface area contributed by atoms with Crippen molar-refractivity contribution in [1.82, 2.24) is 10.4 Å². The molecule has 17 heavy (non-hydrogen) atoms. The number of hydrazine groups is 1. The van der Waals surface area contributed by atoms with Gasteiger partial charge in [0.1, 0.15) is 6.04 Å². The number of carboxylic acids is 1. The molecule has 0 aromatic carbocycles. The first-order valence-corrected chi connectivity index (χ1v) is 4.91. The first-order valence-electron chi connectivity index (χ1n) is 4.91. The molecule has 1 unspecified atom stereocenters. The van der Waals surface area contributed by atoms with E-state index in [1.54, 1.807) is 0 Å². The van der Waals surface area contributed by atoms with E-state index in [0.29, 0.717) is 13.0 Å². The van der Waals surface area contributed by atoms with E-state index in [1.165, 1.54) is 7.05 Å². The van der Waals surface area contributed by atoms with Crippen molar-refractivity contribution in [3.63, 3.8) is 0 Å². The van der Waals surface area contributed by atoms with E-state index in [2.05, 4.69) is 10.4 Å². The van der Waals surface area contributed by atoms with Gasteiger partial charge >= 0.3 is 12.0 Å². The van der Waals surface area contributed by atoms with E-state index >= 15 is 0 Å². The highest BCUT2D eigenvalue weighted by molar-refractivity contribution is 5.76. The summed E-state index contributed by atoms with van der Waals surface area (Å²) < 4.78 is 0. The molecule has 9 nitrogen and oxygen atoms in total. The van der Waals surface area contributed by atoms with Gasteiger partial charge in [-0.3, -0.25) is 15.2 Å². The maximum absolute atomic E-state index is 10.9. The summed E-state index contributed by atoms with van der Waals surface area (Å²) in [6, 6.07) is -1.69. The predicted molar refractivity (Wildman–Crippen MR) is 61.8 cm³/mol. The van der Waals surface area contributed by atoms with Crippen LogP contribution in [0.25, 0.3) is 0 Å². The van der Waals surface area contributed by atoms with E-state index in [4.69, 9.17) is 22.3 Å². The lowest BCUT2D eigenvalue weighted by molar-refractivity contribution is -0.143. The van der Waals surface area contributed by atoms with Crippen LogP contribution < -0.4 is 22.6 Å². The van der Waals surface area contributed by atoms with Crippen LogP contribution in [0.4, 0.5) is 4.79 Å². The van der Waals surface area contributed by atoms with Gasteiger partial charge in [0.25, 0.3) is 0 Å². The van der Waals surface area contributed by atoms with Crippen molar-refractivity contribution in [2.24, 2.45) is 22.2 Å². The summed E-state index contributed by atoms with van der Waals surface area (Å²) in [6.07, 6.45) is 0.753. The Balaban J connectivity index is 4.20. The molecular formula is C8H18N6O3. The third kappa shape index (κ3) is 6.95. The van der Waals surface area contributed by atoms with Crippen LogP contribution in [0.2, 0.25) is 0 Å². The number of primary amides is 1. The van der Waals surface area contributed by atoms with Crippen molar-refractivity contribution in [1.29, 1.82) is 0 Å². The molecule has 0 aliphatic rings. The number of nitrogens with one attached hydrogen (secondary N) is 1. The molecule has 1 atom stereocenters. The Labute approximate surface area is 98.6 Å². The lowest BCUT2D eigenvalue weighted by Crippen LogP contribution is -2.51. The number of aliphatic carboxylic acids is 1. The number of hydrogen-bond donors (Lipinski definition) is 5. The van der Waals surface area contributed by atoms with E-state index in [0.717, 1.165) is 5.01 Å². The number of likely N-dealkylation sites (N-methyl/N-ethyl adjacent to an activating group) is 1. The molecule has 0 aliphatic heterocycles. The highest BCUT2D eigenvalue weighted by Gasteiger charge is 2.22. The van der Waals surface area contributed by atoms with Crippen LogP contribution >= 0.6 is 0 Å². The van der Waals surface area contributed by atoms with Gasteiger partial charge < -0.3 is 22.3 Å². The van der Waals surface area contributed by atoms with Crippen LogP contribution in [0.15, 0.2) is 4.99 Å². The monoisotopic (exact) mass is 246 g/mol. The number of guanidine groups is 1. The number of nitrogens with two attached hydrogens (primary N) is 3. The average molecular weight is 246 g/mol. The Hall–Kier alpha value is -2.03. The standard InChI is InChI=1S/C8H18N6O3/c1-14(13-8(11)17)5(6(15)16)3-2-4-12-7(9)10/h5H,2-4H2,1H3,(H,15,16)(H4,9,10,12)(H3,11,13,17). The van der Waals surface area contributed by atoms with Crippen molar-refractivity contribution < 1.29 is 14.7 Å². The molecule has 0 bridgehead atoms. The van der Waals surface area contributed by atoms with Crippen molar-refractivity contribution in [3.8, 4) is 0 Å². The number of carboxylic acid groups (broad SMARTS) is 1. The molecule has 0 fully saturated rings. The second kappa shape index (κ2) is 7.28. The smallest absolute Gasteiger partial charge is 0.326 e. The van der Waals surface area contributed by atoms with Gasteiger partial charge in [-0.05, 0) is 12.8 Å². The summed E-state index contributed by atoms with van der Waals surface area (Å²) in [5.41, 5.74) is 17.3. The Morgan fingerprint density at radius 3 is 2.41 bits per heavy atom. The molecule has 0 aliphatic carbocycles. The molecule has 0 radical (unpaired) electrons. The summed E-state index contributed by atoms with van der Waals surface area (Å²) in [5, 5.41) is 10.1. The largest absolute Gasteiger partial charge is 0.480 e. The van der Waals surface area contributed by atoms with Crippen molar-refractivity contribution in [3.05, 3.63) is 0 Å². The number of carbonyl (C=O) groups excluding carboxylic acids is 1. The van der Waals surface area contributed by atoms with Gasteiger partial charge in [0.05, 0.1) is 0 Å². The molecule has 0 aromatic heterocycles. The summed E-state index contributed by atoms with van der Waals surface area (Å²) >= 11 is 0. The minimum Gasteiger partial charge on any atom is -0.480 e. The summed E-state index contributed by atoms with van der Waals surface area (Å²) in [6.45, 7) is 0.330. The summed E-state index contributed by atoms with van der Waals surface area (Å²) in [7, 11) is 1.42. The number of hydrogen-bond acceptors (Lipinski definition) is 4. The van der Waals surface area contributed by atoms with Crippen molar-refractivity contribution in [2.45, 2.75) is 18.9 Å². The molecule has 0 saturated heterocycles. The van der Waals surface area contributed by atoms with Crippen LogP contribution in [-0.4, -0.2) is 47.7 Å². The molecular weight excluding hydrogens is 228 g/mol. The number of carbonyl (C=O) groups is 2. The molecule has 8 N–H and O–H groups in total. The third-order valence-electron chi connectivity index (χ3n) is 1.97. The number of amides is 2. The molecule has 0 saturated carbocycles. The molecule has 0 heterocycles. The highest BCUT2D eigenvalue weighted by Crippen LogP contribution is 2.03. The zero-order valence-electron chi connectivity index (χ0n) is 9.59. The first kappa shape index (κ1) is 15.0. The lowest BCUT2D eigenvalue weighted by Gasteiger charge is -2.23. The Bertz CT molecular complexity index is 302. The SMILES string of the molecule is CN(NC(N)=O)C(CCCN=C(N)N)C(=O)O. The predicted octanol–water partition coefficient (Wildman–Crippen LogP) is -1.99. The minimum atomic E-state index is -1.06. The zero-order chi connectivity index (χ0) is 13.4. The highest BCUT2D eigenvalue weighted by atomic mass is 16.4. The van der Waals surface area contributed by atoms with Crippen LogP contribution in [0.1, 0.15) is 12.8 Å². The third-order valence-corrected chi connectivity index (χ3v) is 1.97. The molecule has 0 aromatic rings. The molecule has 0 rings (SSSR count). The normalized spacial score (nSPS) is 11.9. The van der Waals surface area contributed by atoms with E-state index in [1.807, 2.05) is 0 Å². The summed E-state index contributed by atoms with van der Waals surface area (Å²) in [5.74, 6) is -1.11. The Morgan fingerprint density at radius 1 is 1.41 bits per heavy atom. The van der Waals surface area contributed by atoms with Gasteiger partial charge in [0.2, 0.25) is 0 Å². The fraction of sp³-hybridized carbons (Fsp3) is 0.625. The van der Waals surface area contributed by atoms with Crippen LogP contribution in [0, 0.1) is 0 Å². The molecule has 9 heteroatoms. The quantitative estimate of drug-likeness (QED) is 0.151. The van der Waals surface area contributed by atoms with Gasteiger partial charge in [-0.1, -0.05) is 0 Å². The lowest BCUT2D eigenvalue weighted by atomic mass is 10.1. The van der Waals surface area contributed by atoms with E-state index in [-0.39, 0.29) is 12.4 Å². The van der Waals surface area contributed by atoms with Gasteiger partial charge in [0, 0.05) is 13.6 Å². The topological polar surface area (TPSA) is 160 Å². The fourth-order valence-corrected chi connectivity index (χ4v) is 1.23. The van der Waals surface area contributed by atoms with E-state index < -0.39 is 18.0 Å². The number of urea groups is 1. The second-order valence-electron chi connectivity index (χ2n) is 3.39. The maximum Gasteiger partial charge on any atom is 0.326 e. The molecule has 0 spiro atoms. The number of rotatable bonds is 7. The van der Waals surface area contributed by atoms with E-state index in [9.17, 15) is 9.59 Å². The minimum absolute atomic E-state index is 0.0412. The fourth-order valence-electron chi connectivity index (χ4n) is 1.23. The number of nitrogens with zero attached hydrogens (tertiary/aromatic N) is 2.